The van der Waals surface area contributed by atoms with Gasteiger partial charge in [-0.1, -0.05) is 29.8 Å². The summed E-state index contributed by atoms with van der Waals surface area (Å²) in [5.41, 5.74) is 0. The van der Waals surface area contributed by atoms with Gasteiger partial charge in [0.15, 0.2) is 0 Å². The van der Waals surface area contributed by atoms with Crippen LogP contribution >= 0.6 is 15.9 Å². The highest BCUT2D eigenvalue weighted by Crippen LogP contribution is 2.18. The average Bonchev–Trinajstić information content (AvgIpc) is 2.52. The molecular weight excluding hydrogens is 226 g/mol. The molecule has 0 saturated carbocycles. The van der Waals surface area contributed by atoms with Crippen LogP contribution in [0.3, 0.4) is 0 Å². The topological polar surface area (TPSA) is 3.24 Å². The average molecular weight is 248 g/mol. The summed E-state index contributed by atoms with van der Waals surface area (Å²) in [5.74, 6) is 1.79. The second-order valence-electron chi connectivity index (χ2n) is 4.65. The van der Waals surface area contributed by atoms with Gasteiger partial charge in [-0.05, 0) is 44.2 Å². The van der Waals surface area contributed by atoms with Crippen LogP contribution in [-0.2, 0) is 0 Å². The van der Waals surface area contributed by atoms with Crippen LogP contribution in [0.1, 0.15) is 33.1 Å². The van der Waals surface area contributed by atoms with Crippen molar-refractivity contribution in [1.29, 1.82) is 0 Å². The summed E-state index contributed by atoms with van der Waals surface area (Å²) in [6.45, 7) is 8.59. The number of rotatable bonds is 5. The van der Waals surface area contributed by atoms with Crippen molar-refractivity contribution in [3.63, 3.8) is 0 Å². The lowest BCUT2D eigenvalue weighted by Gasteiger charge is -2.15. The van der Waals surface area contributed by atoms with Crippen LogP contribution < -0.4 is 0 Å². The summed E-state index contributed by atoms with van der Waals surface area (Å²) in [4.78, 5) is 2.62. The minimum absolute atomic E-state index is 0.870. The zero-order chi connectivity index (χ0) is 9.68. The van der Waals surface area contributed by atoms with E-state index in [0.717, 1.165) is 11.8 Å². The second kappa shape index (κ2) is 6.02. The Kier molecular flexibility index (Phi) is 5.34. The molecule has 1 rings (SSSR count). The molecule has 1 nitrogen and oxygen atoms in total. The Bertz CT molecular complexity index is 136. The van der Waals surface area contributed by atoms with E-state index in [1.54, 1.807) is 0 Å². The molecule has 2 heteroatoms. The molecule has 1 aliphatic heterocycles. The Hall–Kier alpha value is 0.440. The molecule has 13 heavy (non-hydrogen) atoms. The van der Waals surface area contributed by atoms with Gasteiger partial charge in [0.25, 0.3) is 0 Å². The highest BCUT2D eigenvalue weighted by atomic mass is 79.9. The van der Waals surface area contributed by atoms with E-state index in [4.69, 9.17) is 0 Å². The number of likely N-dealkylation sites (tertiary alicyclic amines) is 1. The van der Waals surface area contributed by atoms with Crippen LogP contribution in [0.2, 0.25) is 0 Å². The lowest BCUT2D eigenvalue weighted by atomic mass is 10.1. The van der Waals surface area contributed by atoms with Gasteiger partial charge in [0.2, 0.25) is 0 Å². The van der Waals surface area contributed by atoms with Crippen LogP contribution in [0.15, 0.2) is 0 Å². The number of alkyl halides is 1. The third kappa shape index (κ3) is 4.46. The van der Waals surface area contributed by atoms with Gasteiger partial charge in [-0.2, -0.15) is 0 Å². The van der Waals surface area contributed by atoms with Gasteiger partial charge in [-0.15, -0.1) is 0 Å². The molecule has 1 aliphatic rings. The minimum atomic E-state index is 0.870. The molecule has 0 spiro atoms. The zero-order valence-corrected chi connectivity index (χ0v) is 10.5. The fraction of sp³-hybridized carbons (Fsp3) is 1.00. The molecule has 0 aromatic carbocycles. The fourth-order valence-electron chi connectivity index (χ4n) is 1.97. The van der Waals surface area contributed by atoms with E-state index in [1.807, 2.05) is 0 Å². The van der Waals surface area contributed by atoms with Gasteiger partial charge in [-0.3, -0.25) is 0 Å². The first kappa shape index (κ1) is 11.5. The summed E-state index contributed by atoms with van der Waals surface area (Å²) >= 11 is 3.57. The highest BCUT2D eigenvalue weighted by Gasteiger charge is 2.20. The van der Waals surface area contributed by atoms with Gasteiger partial charge in [0.1, 0.15) is 0 Å². The zero-order valence-electron chi connectivity index (χ0n) is 8.93. The minimum Gasteiger partial charge on any atom is -0.303 e. The van der Waals surface area contributed by atoms with E-state index >= 15 is 0 Å². The lowest BCUT2D eigenvalue weighted by molar-refractivity contribution is 0.312. The van der Waals surface area contributed by atoms with E-state index in [9.17, 15) is 0 Å². The normalized spacial score (nSPS) is 24.5. The summed E-state index contributed by atoms with van der Waals surface area (Å²) in [6.07, 6.45) is 4.16. The van der Waals surface area contributed by atoms with E-state index in [1.165, 1.54) is 44.2 Å². The highest BCUT2D eigenvalue weighted by molar-refractivity contribution is 9.09. The quantitative estimate of drug-likeness (QED) is 0.675. The second-order valence-corrected chi connectivity index (χ2v) is 5.29. The van der Waals surface area contributed by atoms with Crippen molar-refractivity contribution in [3.8, 4) is 0 Å². The summed E-state index contributed by atoms with van der Waals surface area (Å²) in [6, 6.07) is 0. The molecular formula is C11H22BrN. The van der Waals surface area contributed by atoms with E-state index in [0.29, 0.717) is 0 Å². The van der Waals surface area contributed by atoms with Gasteiger partial charge in [-0.25, -0.2) is 0 Å². The Morgan fingerprint density at radius 2 is 2.23 bits per heavy atom. The molecule has 1 saturated heterocycles. The molecule has 0 aromatic heterocycles. The smallest absolute Gasteiger partial charge is 0.00723 e. The van der Waals surface area contributed by atoms with Crippen LogP contribution in [0.4, 0.5) is 0 Å². The Morgan fingerprint density at radius 1 is 1.46 bits per heavy atom. The molecule has 0 aliphatic carbocycles. The maximum absolute atomic E-state index is 3.57. The first-order chi connectivity index (χ1) is 6.22. The maximum atomic E-state index is 3.57. The monoisotopic (exact) mass is 247 g/mol. The molecule has 1 fully saturated rings. The van der Waals surface area contributed by atoms with Crippen molar-refractivity contribution in [2.24, 2.45) is 11.8 Å². The van der Waals surface area contributed by atoms with E-state index in [2.05, 4.69) is 34.7 Å². The molecule has 0 N–H and O–H groups in total. The maximum Gasteiger partial charge on any atom is 0.00723 e. The molecule has 0 amide bonds. The van der Waals surface area contributed by atoms with Crippen molar-refractivity contribution >= 4 is 15.9 Å². The van der Waals surface area contributed by atoms with Gasteiger partial charge in [0.05, 0.1) is 0 Å². The summed E-state index contributed by atoms with van der Waals surface area (Å²) in [5, 5.41) is 1.19. The van der Waals surface area contributed by atoms with Gasteiger partial charge < -0.3 is 4.90 Å². The van der Waals surface area contributed by atoms with Crippen LogP contribution in [0.5, 0.6) is 0 Å². The molecule has 78 valence electrons. The lowest BCUT2D eigenvalue weighted by Crippen LogP contribution is -2.22. The molecule has 1 atom stereocenters. The van der Waals surface area contributed by atoms with Crippen molar-refractivity contribution < 1.29 is 0 Å². The number of hydrogen-bond donors (Lipinski definition) is 0. The van der Waals surface area contributed by atoms with Crippen molar-refractivity contribution in [3.05, 3.63) is 0 Å². The van der Waals surface area contributed by atoms with E-state index in [-0.39, 0.29) is 0 Å². The van der Waals surface area contributed by atoms with Gasteiger partial charge >= 0.3 is 0 Å². The number of nitrogens with zero attached hydrogens (tertiary/aromatic N) is 1. The Balaban J connectivity index is 2.03. The van der Waals surface area contributed by atoms with Crippen molar-refractivity contribution in [2.75, 3.05) is 25.0 Å². The van der Waals surface area contributed by atoms with E-state index < -0.39 is 0 Å². The largest absolute Gasteiger partial charge is 0.303 e. The first-order valence-electron chi connectivity index (χ1n) is 5.50. The standard InChI is InChI=1S/C11H22BrN/c1-10(2)4-3-6-13-7-5-11(8-12)9-13/h10-11H,3-9H2,1-2H3. The Labute approximate surface area is 91.0 Å². The first-order valence-corrected chi connectivity index (χ1v) is 6.63. The predicted octanol–water partition coefficient (Wildman–Crippen LogP) is 3.14. The molecule has 1 heterocycles. The molecule has 0 bridgehead atoms. The Morgan fingerprint density at radius 3 is 2.77 bits per heavy atom. The third-order valence-corrected chi connectivity index (χ3v) is 3.76. The number of hydrogen-bond acceptors (Lipinski definition) is 1. The van der Waals surface area contributed by atoms with Crippen LogP contribution in [0, 0.1) is 11.8 Å². The summed E-state index contributed by atoms with van der Waals surface area (Å²) in [7, 11) is 0. The van der Waals surface area contributed by atoms with Gasteiger partial charge in [0, 0.05) is 11.9 Å². The van der Waals surface area contributed by atoms with Crippen molar-refractivity contribution in [2.45, 2.75) is 33.1 Å². The fourth-order valence-corrected chi connectivity index (χ4v) is 2.49. The number of halogens is 1. The van der Waals surface area contributed by atoms with Crippen molar-refractivity contribution in [1.82, 2.24) is 4.90 Å². The molecule has 0 radical (unpaired) electrons. The van der Waals surface area contributed by atoms with Crippen LogP contribution in [0.25, 0.3) is 0 Å². The summed E-state index contributed by atoms with van der Waals surface area (Å²) < 4.78 is 0. The SMILES string of the molecule is CC(C)CCCN1CCC(CBr)C1. The van der Waals surface area contributed by atoms with Crippen LogP contribution in [-0.4, -0.2) is 29.9 Å². The predicted molar refractivity (Wildman–Crippen MR) is 62.4 cm³/mol. The molecule has 1 unspecified atom stereocenters. The third-order valence-electron chi connectivity index (χ3n) is 2.84. The molecule has 0 aromatic rings.